The second-order valence-corrected chi connectivity index (χ2v) is 13.5. The van der Waals surface area contributed by atoms with Gasteiger partial charge in [0.05, 0.1) is 0 Å². The van der Waals surface area contributed by atoms with Crippen LogP contribution in [0.5, 0.6) is 0 Å². The Balaban J connectivity index is 2.10. The van der Waals surface area contributed by atoms with Gasteiger partial charge in [-0.2, -0.15) is 0 Å². The molecule has 0 fully saturated rings. The summed E-state index contributed by atoms with van der Waals surface area (Å²) >= 11 is 0. The maximum Gasteiger partial charge on any atom is 0.253 e. The van der Waals surface area contributed by atoms with Crippen molar-refractivity contribution in [2.75, 3.05) is 13.1 Å². The van der Waals surface area contributed by atoms with Gasteiger partial charge in [-0.25, -0.2) is 0 Å². The number of nitrogens with zero attached hydrogens (tertiary/aromatic N) is 1. The van der Waals surface area contributed by atoms with E-state index in [1.165, 1.54) is 167 Å². The molecule has 45 heavy (non-hydrogen) atoms. The van der Waals surface area contributed by atoms with E-state index in [1.807, 2.05) is 30.3 Å². The van der Waals surface area contributed by atoms with E-state index in [4.69, 9.17) is 0 Å². The molecule has 0 radical (unpaired) electrons. The van der Waals surface area contributed by atoms with Crippen molar-refractivity contribution in [2.45, 2.75) is 194 Å². The summed E-state index contributed by atoms with van der Waals surface area (Å²) in [4.78, 5) is 15.4. The molecule has 0 aliphatic heterocycles. The number of rotatable bonds is 33. The van der Waals surface area contributed by atoms with Crippen LogP contribution in [-0.4, -0.2) is 23.9 Å². The summed E-state index contributed by atoms with van der Waals surface area (Å²) in [5.74, 6) is 0.219. The molecule has 2 nitrogen and oxygen atoms in total. The molecule has 0 heterocycles. The Kier molecular flexibility index (Phi) is 30.7. The predicted molar refractivity (Wildman–Crippen MR) is 201 cm³/mol. The van der Waals surface area contributed by atoms with Gasteiger partial charge in [-0.15, -0.1) is 0 Å². The summed E-state index contributed by atoms with van der Waals surface area (Å²) in [6.07, 6.45) is 46.6. The van der Waals surface area contributed by atoms with Crippen molar-refractivity contribution in [3.05, 3.63) is 60.2 Å². The van der Waals surface area contributed by atoms with Crippen LogP contribution in [0.2, 0.25) is 0 Å². The minimum Gasteiger partial charge on any atom is -0.339 e. The lowest BCUT2D eigenvalue weighted by atomic mass is 10.1. The van der Waals surface area contributed by atoms with Crippen molar-refractivity contribution in [3.8, 4) is 0 Å². The van der Waals surface area contributed by atoms with Gasteiger partial charge in [0, 0.05) is 18.7 Å². The number of hydrogen-bond acceptors (Lipinski definition) is 1. The molecule has 0 saturated heterocycles. The summed E-state index contributed by atoms with van der Waals surface area (Å²) in [5.41, 5.74) is 0.839. The van der Waals surface area contributed by atoms with Crippen molar-refractivity contribution in [1.29, 1.82) is 0 Å². The molecule has 0 spiro atoms. The summed E-state index contributed by atoms with van der Waals surface area (Å²) in [6, 6.07) is 9.91. The highest BCUT2D eigenvalue weighted by atomic mass is 16.2. The number of amides is 1. The summed E-state index contributed by atoms with van der Waals surface area (Å²) in [6.45, 7) is 6.38. The molecule has 1 amide bonds. The van der Waals surface area contributed by atoms with Gasteiger partial charge in [0.2, 0.25) is 0 Å². The van der Waals surface area contributed by atoms with Crippen LogP contribution in [0.1, 0.15) is 204 Å². The number of carbonyl (C=O) groups is 1. The fourth-order valence-corrected chi connectivity index (χ4v) is 6.18. The number of unbranched alkanes of at least 4 members (excludes halogenated alkanes) is 24. The lowest BCUT2D eigenvalue weighted by Gasteiger charge is -2.23. The van der Waals surface area contributed by atoms with Crippen LogP contribution in [0.25, 0.3) is 0 Å². The molecule has 0 aliphatic rings. The molecule has 0 aliphatic carbocycles. The van der Waals surface area contributed by atoms with Crippen molar-refractivity contribution in [3.63, 3.8) is 0 Å². The molecular weight excluding hydrogens is 546 g/mol. The van der Waals surface area contributed by atoms with Gasteiger partial charge in [-0.05, 0) is 76.3 Å². The first-order chi connectivity index (χ1) is 22.3. The van der Waals surface area contributed by atoms with E-state index in [2.05, 4.69) is 43.1 Å². The first kappa shape index (κ1) is 41.2. The Morgan fingerprint density at radius 1 is 0.444 bits per heavy atom. The predicted octanol–water partition coefficient (Wildman–Crippen LogP) is 14.2. The second-order valence-electron chi connectivity index (χ2n) is 13.5. The third-order valence-electron chi connectivity index (χ3n) is 9.19. The lowest BCUT2D eigenvalue weighted by Crippen LogP contribution is -2.33. The molecule has 0 N–H and O–H groups in total. The zero-order chi connectivity index (χ0) is 32.3. The van der Waals surface area contributed by atoms with Gasteiger partial charge in [-0.1, -0.05) is 172 Å². The van der Waals surface area contributed by atoms with Crippen LogP contribution in [0, 0.1) is 0 Å². The minimum atomic E-state index is 0.219. The highest BCUT2D eigenvalue weighted by Crippen LogP contribution is 2.14. The zero-order valence-electron chi connectivity index (χ0n) is 30.3. The van der Waals surface area contributed by atoms with Crippen LogP contribution < -0.4 is 0 Å². The number of allylic oxidation sites excluding steroid dienone is 4. The monoisotopic (exact) mass is 622 g/mol. The van der Waals surface area contributed by atoms with Gasteiger partial charge in [0.25, 0.3) is 5.91 Å². The Morgan fingerprint density at radius 2 is 0.756 bits per heavy atom. The lowest BCUT2D eigenvalue weighted by molar-refractivity contribution is 0.0749. The fraction of sp³-hybridized carbons (Fsp3) is 0.744. The topological polar surface area (TPSA) is 20.3 Å². The van der Waals surface area contributed by atoms with Gasteiger partial charge >= 0.3 is 0 Å². The molecule has 0 unspecified atom stereocenters. The quantitative estimate of drug-likeness (QED) is 0.0565. The summed E-state index contributed by atoms with van der Waals surface area (Å²) in [5, 5.41) is 0. The van der Waals surface area contributed by atoms with Crippen LogP contribution in [0.4, 0.5) is 0 Å². The number of benzene rings is 1. The molecule has 258 valence electrons. The molecule has 2 heteroatoms. The number of hydrogen-bond donors (Lipinski definition) is 0. The molecule has 1 aromatic carbocycles. The zero-order valence-corrected chi connectivity index (χ0v) is 30.3. The van der Waals surface area contributed by atoms with E-state index < -0.39 is 0 Å². The molecular formula is C43H75NO. The van der Waals surface area contributed by atoms with E-state index >= 15 is 0 Å². The molecule has 0 aromatic heterocycles. The summed E-state index contributed by atoms with van der Waals surface area (Å²) in [7, 11) is 0. The third kappa shape index (κ3) is 27.0. The van der Waals surface area contributed by atoms with E-state index in [-0.39, 0.29) is 5.91 Å². The SMILES string of the molecule is CCCCCCCC/C=C\CCCCCCCCN(CCCCCCCC/C=C\CCCCCCCC)C(=O)c1ccccc1. The van der Waals surface area contributed by atoms with Crippen molar-refractivity contribution in [2.24, 2.45) is 0 Å². The third-order valence-corrected chi connectivity index (χ3v) is 9.19. The first-order valence-electron chi connectivity index (χ1n) is 19.9. The second kappa shape index (κ2) is 33.5. The standard InChI is InChI=1S/C43H75NO/c1-3-5-7-9-11-13-15-17-19-21-23-25-27-29-31-36-40-44(43(45)42-38-34-33-35-39-42)41-37-32-30-28-26-24-22-20-18-16-14-12-10-8-6-4-2/h17-20,33-35,38-39H,3-16,21-32,36-37,40-41H2,1-2H3/b19-17-,20-18-. The maximum absolute atomic E-state index is 13.2. The van der Waals surface area contributed by atoms with E-state index in [1.54, 1.807) is 0 Å². The molecule has 0 saturated carbocycles. The van der Waals surface area contributed by atoms with Gasteiger partial charge in [0.15, 0.2) is 0 Å². The molecule has 0 bridgehead atoms. The fourth-order valence-electron chi connectivity index (χ4n) is 6.18. The maximum atomic E-state index is 13.2. The van der Waals surface area contributed by atoms with Gasteiger partial charge in [0.1, 0.15) is 0 Å². The average molecular weight is 622 g/mol. The molecule has 0 atom stereocenters. The molecule has 1 aromatic rings. The Labute approximate surface area is 281 Å². The highest BCUT2D eigenvalue weighted by Gasteiger charge is 2.14. The van der Waals surface area contributed by atoms with Crippen LogP contribution in [0.3, 0.4) is 0 Å². The smallest absolute Gasteiger partial charge is 0.253 e. The normalized spacial score (nSPS) is 11.7. The van der Waals surface area contributed by atoms with Gasteiger partial charge in [-0.3, -0.25) is 4.79 Å². The highest BCUT2D eigenvalue weighted by molar-refractivity contribution is 5.94. The summed E-state index contributed by atoms with van der Waals surface area (Å²) < 4.78 is 0. The van der Waals surface area contributed by atoms with E-state index in [0.29, 0.717) is 0 Å². The van der Waals surface area contributed by atoms with E-state index in [9.17, 15) is 4.79 Å². The van der Waals surface area contributed by atoms with Crippen LogP contribution in [-0.2, 0) is 0 Å². The van der Waals surface area contributed by atoms with Crippen molar-refractivity contribution in [1.82, 2.24) is 4.90 Å². The van der Waals surface area contributed by atoms with Crippen molar-refractivity contribution >= 4 is 5.91 Å². The van der Waals surface area contributed by atoms with Crippen molar-refractivity contribution < 1.29 is 4.79 Å². The minimum absolute atomic E-state index is 0.219. The Hall–Kier alpha value is -1.83. The molecule has 1 rings (SSSR count). The Bertz CT molecular complexity index is 755. The van der Waals surface area contributed by atoms with E-state index in [0.717, 1.165) is 31.5 Å². The van der Waals surface area contributed by atoms with Crippen LogP contribution in [0.15, 0.2) is 54.6 Å². The largest absolute Gasteiger partial charge is 0.339 e. The average Bonchev–Trinajstić information content (AvgIpc) is 3.07. The Morgan fingerprint density at radius 3 is 1.11 bits per heavy atom. The number of carbonyl (C=O) groups excluding carboxylic acids is 1. The van der Waals surface area contributed by atoms with Gasteiger partial charge < -0.3 is 4.90 Å². The first-order valence-corrected chi connectivity index (χ1v) is 19.9. The van der Waals surface area contributed by atoms with Crippen LogP contribution >= 0.6 is 0 Å².